The third-order valence-corrected chi connectivity index (χ3v) is 7.97. The maximum atomic E-state index is 12.9. The van der Waals surface area contributed by atoms with Crippen LogP contribution in [0.1, 0.15) is 60.6 Å². The zero-order valence-corrected chi connectivity index (χ0v) is 19.9. The van der Waals surface area contributed by atoms with Gasteiger partial charge in [0, 0.05) is 36.2 Å². The minimum absolute atomic E-state index is 0.0247. The molecular formula is C26H28Cl2N2O3. The van der Waals surface area contributed by atoms with Gasteiger partial charge in [-0.25, -0.2) is 0 Å². The number of hydrogen-bond acceptors (Lipinski definition) is 3. The normalized spacial score (nSPS) is 25.2. The molecule has 3 unspecified atom stereocenters. The average Bonchev–Trinajstić information content (AvgIpc) is 3.50. The molecule has 5 nitrogen and oxygen atoms in total. The standard InChI is InChI=1S/C26H28Cl2N2O3/c27-21-9-8-18(13-22(21)28)25(31)29-20-7-3-6-17(12-20)24-14-19-15-30(11-10-23(19)33-24)26(32)16-4-1-2-5-16/h3,6-9,12-13,16,19,23-24H,1-2,4-5,10-11,14-15H2,(H,29,31). The van der Waals surface area contributed by atoms with Crippen LogP contribution in [0, 0.1) is 11.8 Å². The Morgan fingerprint density at radius 1 is 1.00 bits per heavy atom. The molecule has 33 heavy (non-hydrogen) atoms. The first-order valence-electron chi connectivity index (χ1n) is 11.8. The van der Waals surface area contributed by atoms with E-state index in [0.717, 1.165) is 44.3 Å². The van der Waals surface area contributed by atoms with Crippen molar-refractivity contribution >= 4 is 40.7 Å². The van der Waals surface area contributed by atoms with Gasteiger partial charge in [-0.3, -0.25) is 9.59 Å². The number of rotatable bonds is 4. The van der Waals surface area contributed by atoms with Gasteiger partial charge in [-0.2, -0.15) is 0 Å². The van der Waals surface area contributed by atoms with Crippen LogP contribution in [-0.2, 0) is 9.53 Å². The Bertz CT molecular complexity index is 1050. The molecule has 2 heterocycles. The van der Waals surface area contributed by atoms with Crippen molar-refractivity contribution in [2.45, 2.75) is 50.7 Å². The first kappa shape index (κ1) is 22.7. The number of piperidine rings is 1. The van der Waals surface area contributed by atoms with E-state index in [-0.39, 0.29) is 24.0 Å². The molecule has 1 N–H and O–H groups in total. The van der Waals surface area contributed by atoms with E-state index in [1.807, 2.05) is 24.3 Å². The summed E-state index contributed by atoms with van der Waals surface area (Å²) in [6.45, 7) is 1.59. The zero-order chi connectivity index (χ0) is 22.9. The Labute approximate surface area is 204 Å². The highest BCUT2D eigenvalue weighted by Gasteiger charge is 2.41. The fourth-order valence-electron chi connectivity index (χ4n) is 5.46. The minimum Gasteiger partial charge on any atom is -0.370 e. The van der Waals surface area contributed by atoms with E-state index in [2.05, 4.69) is 10.2 Å². The Kier molecular flexibility index (Phi) is 6.64. The molecule has 2 amide bonds. The lowest BCUT2D eigenvalue weighted by Crippen LogP contribution is -2.46. The van der Waals surface area contributed by atoms with E-state index in [9.17, 15) is 9.59 Å². The quantitative estimate of drug-likeness (QED) is 0.566. The Hall–Kier alpha value is -2.08. The molecule has 5 rings (SSSR count). The van der Waals surface area contributed by atoms with Crippen molar-refractivity contribution in [1.82, 2.24) is 4.90 Å². The summed E-state index contributed by atoms with van der Waals surface area (Å²) >= 11 is 12.0. The molecule has 2 aliphatic heterocycles. The van der Waals surface area contributed by atoms with E-state index >= 15 is 0 Å². The van der Waals surface area contributed by atoms with Gasteiger partial charge >= 0.3 is 0 Å². The van der Waals surface area contributed by atoms with Gasteiger partial charge in [0.15, 0.2) is 0 Å². The highest BCUT2D eigenvalue weighted by atomic mass is 35.5. The summed E-state index contributed by atoms with van der Waals surface area (Å²) in [5.41, 5.74) is 2.20. The van der Waals surface area contributed by atoms with Crippen molar-refractivity contribution in [3.8, 4) is 0 Å². The highest BCUT2D eigenvalue weighted by molar-refractivity contribution is 6.42. The molecule has 2 aromatic rings. The largest absolute Gasteiger partial charge is 0.370 e. The van der Waals surface area contributed by atoms with Gasteiger partial charge in [-0.15, -0.1) is 0 Å². The van der Waals surface area contributed by atoms with Crippen LogP contribution in [0.25, 0.3) is 0 Å². The second kappa shape index (κ2) is 9.65. The van der Waals surface area contributed by atoms with E-state index in [1.54, 1.807) is 18.2 Å². The van der Waals surface area contributed by atoms with Crippen LogP contribution in [-0.4, -0.2) is 35.9 Å². The molecule has 174 valence electrons. The van der Waals surface area contributed by atoms with Gasteiger partial charge in [-0.05, 0) is 61.6 Å². The van der Waals surface area contributed by atoms with Gasteiger partial charge in [0.2, 0.25) is 5.91 Å². The Morgan fingerprint density at radius 3 is 2.61 bits per heavy atom. The molecule has 0 radical (unpaired) electrons. The third kappa shape index (κ3) is 4.91. The van der Waals surface area contributed by atoms with Crippen LogP contribution in [0.15, 0.2) is 42.5 Å². The molecule has 0 aromatic heterocycles. The fourth-order valence-corrected chi connectivity index (χ4v) is 5.76. The molecule has 3 fully saturated rings. The summed E-state index contributed by atoms with van der Waals surface area (Å²) < 4.78 is 6.40. The summed E-state index contributed by atoms with van der Waals surface area (Å²) in [6, 6.07) is 12.6. The lowest BCUT2D eigenvalue weighted by molar-refractivity contribution is -0.138. The number of likely N-dealkylation sites (tertiary alicyclic amines) is 1. The summed E-state index contributed by atoms with van der Waals surface area (Å²) in [4.78, 5) is 27.6. The summed E-state index contributed by atoms with van der Waals surface area (Å²) in [6.07, 6.45) is 6.41. The summed E-state index contributed by atoms with van der Waals surface area (Å²) in [5.74, 6) is 0.702. The van der Waals surface area contributed by atoms with Crippen molar-refractivity contribution in [3.05, 3.63) is 63.6 Å². The van der Waals surface area contributed by atoms with Crippen molar-refractivity contribution in [2.75, 3.05) is 18.4 Å². The van der Waals surface area contributed by atoms with Crippen LogP contribution in [0.4, 0.5) is 5.69 Å². The number of nitrogens with zero attached hydrogens (tertiary/aromatic N) is 1. The monoisotopic (exact) mass is 486 g/mol. The topological polar surface area (TPSA) is 58.6 Å². The molecule has 0 spiro atoms. The van der Waals surface area contributed by atoms with Gasteiger partial charge in [0.1, 0.15) is 0 Å². The van der Waals surface area contributed by atoms with Crippen molar-refractivity contribution in [3.63, 3.8) is 0 Å². The van der Waals surface area contributed by atoms with Gasteiger partial charge in [0.05, 0.1) is 22.3 Å². The molecule has 2 saturated heterocycles. The van der Waals surface area contributed by atoms with Crippen LogP contribution >= 0.6 is 23.2 Å². The van der Waals surface area contributed by atoms with E-state index in [1.165, 1.54) is 12.8 Å². The average molecular weight is 487 g/mol. The van der Waals surface area contributed by atoms with Gasteiger partial charge in [-0.1, -0.05) is 48.2 Å². The van der Waals surface area contributed by atoms with Gasteiger partial charge < -0.3 is 15.0 Å². The second-order valence-electron chi connectivity index (χ2n) is 9.42. The van der Waals surface area contributed by atoms with Crippen molar-refractivity contribution in [2.24, 2.45) is 11.8 Å². The second-order valence-corrected chi connectivity index (χ2v) is 10.2. The fraction of sp³-hybridized carbons (Fsp3) is 0.462. The molecule has 1 aliphatic carbocycles. The number of benzene rings is 2. The molecule has 2 aromatic carbocycles. The van der Waals surface area contributed by atoms with Crippen LogP contribution < -0.4 is 5.32 Å². The predicted octanol–water partition coefficient (Wildman–Crippen LogP) is 6.11. The highest BCUT2D eigenvalue weighted by Crippen LogP contribution is 2.42. The third-order valence-electron chi connectivity index (χ3n) is 7.23. The maximum absolute atomic E-state index is 12.9. The maximum Gasteiger partial charge on any atom is 0.255 e. The number of halogens is 2. The number of anilines is 1. The molecular weight excluding hydrogens is 459 g/mol. The number of amides is 2. The molecule has 3 atom stereocenters. The Balaban J connectivity index is 1.23. The number of ether oxygens (including phenoxy) is 1. The van der Waals surface area contributed by atoms with Crippen LogP contribution in [0.2, 0.25) is 10.0 Å². The summed E-state index contributed by atoms with van der Waals surface area (Å²) in [7, 11) is 0. The van der Waals surface area contributed by atoms with E-state index in [0.29, 0.717) is 33.1 Å². The first-order valence-corrected chi connectivity index (χ1v) is 12.5. The SMILES string of the molecule is O=C(Nc1cccc(C2CC3CN(C(=O)C4CCCC4)CCC3O2)c1)c1ccc(Cl)c(Cl)c1. The predicted molar refractivity (Wildman–Crippen MR) is 130 cm³/mol. The van der Waals surface area contributed by atoms with Crippen LogP contribution in [0.3, 0.4) is 0 Å². The number of carbonyl (C=O) groups is 2. The van der Waals surface area contributed by atoms with Gasteiger partial charge in [0.25, 0.3) is 5.91 Å². The number of carbonyl (C=O) groups excluding carboxylic acids is 2. The molecule has 3 aliphatic rings. The first-order chi connectivity index (χ1) is 16.0. The van der Waals surface area contributed by atoms with Crippen molar-refractivity contribution in [1.29, 1.82) is 0 Å². The van der Waals surface area contributed by atoms with E-state index < -0.39 is 0 Å². The number of fused-ring (bicyclic) bond motifs is 1. The summed E-state index contributed by atoms with van der Waals surface area (Å²) in [5, 5.41) is 3.70. The number of nitrogens with one attached hydrogen (secondary N) is 1. The Morgan fingerprint density at radius 2 is 1.82 bits per heavy atom. The molecule has 0 bridgehead atoms. The molecule has 1 saturated carbocycles. The number of hydrogen-bond donors (Lipinski definition) is 1. The lowest BCUT2D eigenvalue weighted by atomic mass is 9.90. The molecule has 7 heteroatoms. The van der Waals surface area contributed by atoms with Crippen molar-refractivity contribution < 1.29 is 14.3 Å². The minimum atomic E-state index is -0.243. The zero-order valence-electron chi connectivity index (χ0n) is 18.4. The van der Waals surface area contributed by atoms with Crippen LogP contribution in [0.5, 0.6) is 0 Å². The van der Waals surface area contributed by atoms with E-state index in [4.69, 9.17) is 27.9 Å². The lowest BCUT2D eigenvalue weighted by Gasteiger charge is -2.35. The smallest absolute Gasteiger partial charge is 0.255 e.